The van der Waals surface area contributed by atoms with E-state index in [2.05, 4.69) is 22.1 Å². The lowest BCUT2D eigenvalue weighted by Gasteiger charge is -2.05. The van der Waals surface area contributed by atoms with E-state index in [-0.39, 0.29) is 12.4 Å². The summed E-state index contributed by atoms with van der Waals surface area (Å²) in [5, 5.41) is 7.85. The van der Waals surface area contributed by atoms with Gasteiger partial charge in [0, 0.05) is 6.04 Å². The first-order valence-electron chi connectivity index (χ1n) is 3.72. The average molecular weight is 190 g/mol. The molecule has 1 saturated heterocycles. The molecule has 2 rings (SSSR count). The summed E-state index contributed by atoms with van der Waals surface area (Å²) in [6, 6.07) is 2.87. The summed E-state index contributed by atoms with van der Waals surface area (Å²) in [4.78, 5) is 0. The monoisotopic (exact) mass is 189 g/mol. The summed E-state index contributed by atoms with van der Waals surface area (Å²) in [6.07, 6.45) is 2.65. The van der Waals surface area contributed by atoms with Gasteiger partial charge in [0.25, 0.3) is 0 Å². The van der Waals surface area contributed by atoms with Crippen molar-refractivity contribution < 1.29 is 0 Å². The number of nitrogens with one attached hydrogen (secondary N) is 1. The van der Waals surface area contributed by atoms with Crippen LogP contribution in [0.3, 0.4) is 0 Å². The van der Waals surface area contributed by atoms with E-state index in [0.29, 0.717) is 6.04 Å². The predicted octanol–water partition coefficient (Wildman–Crippen LogP) is 2.59. The van der Waals surface area contributed by atoms with E-state index in [0.717, 1.165) is 0 Å². The van der Waals surface area contributed by atoms with E-state index < -0.39 is 0 Å². The maximum atomic E-state index is 3.47. The van der Waals surface area contributed by atoms with Crippen molar-refractivity contribution in [2.24, 2.45) is 0 Å². The Kier molecular flexibility index (Phi) is 3.37. The molecule has 11 heavy (non-hydrogen) atoms. The molecule has 3 heteroatoms. The molecule has 0 radical (unpaired) electrons. The molecule has 1 aromatic heterocycles. The van der Waals surface area contributed by atoms with Crippen LogP contribution in [0, 0.1) is 0 Å². The van der Waals surface area contributed by atoms with Crippen molar-refractivity contribution in [3.8, 4) is 0 Å². The van der Waals surface area contributed by atoms with Crippen LogP contribution in [-0.2, 0) is 0 Å². The van der Waals surface area contributed by atoms with Gasteiger partial charge in [0.2, 0.25) is 0 Å². The zero-order valence-electron chi connectivity index (χ0n) is 6.25. The van der Waals surface area contributed by atoms with Crippen LogP contribution in [0.2, 0.25) is 0 Å². The SMILES string of the molecule is Cl.c1cc([C@H]2CCCN2)cs1. The van der Waals surface area contributed by atoms with Gasteiger partial charge in [-0.2, -0.15) is 11.3 Å². The lowest BCUT2D eigenvalue weighted by molar-refractivity contribution is 0.650. The molecule has 1 nitrogen and oxygen atoms in total. The fourth-order valence-electron chi connectivity index (χ4n) is 1.44. The Hall–Kier alpha value is -0.0500. The number of hydrogen-bond donors (Lipinski definition) is 1. The number of rotatable bonds is 1. The van der Waals surface area contributed by atoms with Crippen molar-refractivity contribution in [1.29, 1.82) is 0 Å². The molecule has 1 aliphatic rings. The molecular formula is C8H12ClNS. The van der Waals surface area contributed by atoms with E-state index in [1.54, 1.807) is 11.3 Å². The van der Waals surface area contributed by atoms with Crippen LogP contribution in [0.4, 0.5) is 0 Å². The molecule has 2 heterocycles. The highest BCUT2D eigenvalue weighted by Crippen LogP contribution is 2.24. The first-order valence-corrected chi connectivity index (χ1v) is 4.66. The molecule has 1 aliphatic heterocycles. The largest absolute Gasteiger partial charge is 0.310 e. The second-order valence-corrected chi connectivity index (χ2v) is 3.49. The van der Waals surface area contributed by atoms with Crippen molar-refractivity contribution >= 4 is 23.7 Å². The van der Waals surface area contributed by atoms with Gasteiger partial charge >= 0.3 is 0 Å². The van der Waals surface area contributed by atoms with Crippen LogP contribution in [0.1, 0.15) is 24.4 Å². The van der Waals surface area contributed by atoms with Crippen molar-refractivity contribution in [2.75, 3.05) is 6.54 Å². The molecule has 0 aliphatic carbocycles. The zero-order chi connectivity index (χ0) is 6.81. The van der Waals surface area contributed by atoms with Crippen LogP contribution >= 0.6 is 23.7 Å². The summed E-state index contributed by atoms with van der Waals surface area (Å²) in [6.45, 7) is 1.19. The molecular weight excluding hydrogens is 178 g/mol. The summed E-state index contributed by atoms with van der Waals surface area (Å²) in [5.74, 6) is 0. The molecule has 1 atom stereocenters. The van der Waals surface area contributed by atoms with Gasteiger partial charge in [-0.25, -0.2) is 0 Å². The Balaban J connectivity index is 0.000000605. The Morgan fingerprint density at radius 1 is 1.55 bits per heavy atom. The van der Waals surface area contributed by atoms with Gasteiger partial charge in [-0.15, -0.1) is 12.4 Å². The van der Waals surface area contributed by atoms with Gasteiger partial charge in [0.1, 0.15) is 0 Å². The van der Waals surface area contributed by atoms with Crippen molar-refractivity contribution in [1.82, 2.24) is 5.32 Å². The quantitative estimate of drug-likeness (QED) is 0.716. The smallest absolute Gasteiger partial charge is 0.0328 e. The van der Waals surface area contributed by atoms with Gasteiger partial charge in [-0.05, 0) is 41.8 Å². The number of hydrogen-bond acceptors (Lipinski definition) is 2. The number of halogens is 1. The van der Waals surface area contributed by atoms with Crippen LogP contribution in [-0.4, -0.2) is 6.54 Å². The summed E-state index contributed by atoms with van der Waals surface area (Å²) in [5.41, 5.74) is 1.47. The highest BCUT2D eigenvalue weighted by atomic mass is 35.5. The molecule has 0 saturated carbocycles. The third-order valence-corrected chi connectivity index (χ3v) is 2.71. The van der Waals surface area contributed by atoms with Crippen molar-refractivity contribution in [3.05, 3.63) is 22.4 Å². The Bertz CT molecular complexity index is 192. The van der Waals surface area contributed by atoms with Gasteiger partial charge in [0.05, 0.1) is 0 Å². The van der Waals surface area contributed by atoms with E-state index in [1.807, 2.05) is 0 Å². The first-order chi connectivity index (χ1) is 4.97. The summed E-state index contributed by atoms with van der Waals surface area (Å²) >= 11 is 1.79. The minimum atomic E-state index is 0. The maximum absolute atomic E-state index is 3.47. The van der Waals surface area contributed by atoms with Crippen molar-refractivity contribution in [3.63, 3.8) is 0 Å². The summed E-state index contributed by atoms with van der Waals surface area (Å²) in [7, 11) is 0. The van der Waals surface area contributed by atoms with Gasteiger partial charge in [-0.1, -0.05) is 0 Å². The summed E-state index contributed by atoms with van der Waals surface area (Å²) < 4.78 is 0. The third-order valence-electron chi connectivity index (χ3n) is 2.01. The maximum Gasteiger partial charge on any atom is 0.0328 e. The lowest BCUT2D eigenvalue weighted by Crippen LogP contribution is -2.11. The third kappa shape index (κ3) is 1.95. The highest BCUT2D eigenvalue weighted by Gasteiger charge is 2.15. The Morgan fingerprint density at radius 3 is 3.00 bits per heavy atom. The normalized spacial score (nSPS) is 23.1. The molecule has 1 N–H and O–H groups in total. The van der Waals surface area contributed by atoms with E-state index in [9.17, 15) is 0 Å². The molecule has 0 bridgehead atoms. The molecule has 0 unspecified atom stereocenters. The first kappa shape index (κ1) is 9.04. The molecule has 0 aromatic carbocycles. The van der Waals surface area contributed by atoms with Crippen LogP contribution < -0.4 is 5.32 Å². The van der Waals surface area contributed by atoms with Gasteiger partial charge < -0.3 is 5.32 Å². The molecule has 1 aromatic rings. The molecule has 0 spiro atoms. The fraction of sp³-hybridized carbons (Fsp3) is 0.500. The highest BCUT2D eigenvalue weighted by molar-refractivity contribution is 7.07. The van der Waals surface area contributed by atoms with Gasteiger partial charge in [-0.3, -0.25) is 0 Å². The Labute approximate surface area is 77.2 Å². The van der Waals surface area contributed by atoms with Crippen LogP contribution in [0.15, 0.2) is 16.8 Å². The zero-order valence-corrected chi connectivity index (χ0v) is 7.88. The second-order valence-electron chi connectivity index (χ2n) is 2.71. The fourth-order valence-corrected chi connectivity index (χ4v) is 2.16. The lowest BCUT2D eigenvalue weighted by atomic mass is 10.1. The second kappa shape index (κ2) is 4.10. The minimum absolute atomic E-state index is 0. The van der Waals surface area contributed by atoms with E-state index >= 15 is 0 Å². The molecule has 62 valence electrons. The van der Waals surface area contributed by atoms with Crippen LogP contribution in [0.25, 0.3) is 0 Å². The molecule has 1 fully saturated rings. The van der Waals surface area contributed by atoms with E-state index in [4.69, 9.17) is 0 Å². The topological polar surface area (TPSA) is 12.0 Å². The standard InChI is InChI=1S/C8H11NS.ClH/c1-2-8(9-4-1)7-3-5-10-6-7;/h3,5-6,8-9H,1-2,4H2;1H/t8-;/m1./s1. The van der Waals surface area contributed by atoms with Crippen molar-refractivity contribution in [2.45, 2.75) is 18.9 Å². The van der Waals surface area contributed by atoms with Crippen LogP contribution in [0.5, 0.6) is 0 Å². The minimum Gasteiger partial charge on any atom is -0.310 e. The number of thiophene rings is 1. The average Bonchev–Trinajstić information content (AvgIpc) is 2.59. The van der Waals surface area contributed by atoms with E-state index in [1.165, 1.54) is 24.9 Å². The molecule has 0 amide bonds. The van der Waals surface area contributed by atoms with Gasteiger partial charge in [0.15, 0.2) is 0 Å². The Morgan fingerprint density at radius 2 is 2.45 bits per heavy atom. The predicted molar refractivity (Wildman–Crippen MR) is 51.5 cm³/mol.